The van der Waals surface area contributed by atoms with Crippen molar-refractivity contribution < 1.29 is 16.8 Å². The molecule has 1 atom stereocenters. The molecule has 5 nitrogen and oxygen atoms in total. The van der Waals surface area contributed by atoms with Crippen LogP contribution in [0, 0.1) is 5.92 Å². The predicted octanol–water partition coefficient (Wildman–Crippen LogP) is 2.42. The third-order valence-electron chi connectivity index (χ3n) is 3.69. The monoisotopic (exact) mass is 351 g/mol. The van der Waals surface area contributed by atoms with Crippen LogP contribution in [-0.2, 0) is 19.1 Å². The molecule has 21 heavy (non-hydrogen) atoms. The van der Waals surface area contributed by atoms with Gasteiger partial charge in [0.25, 0.3) is 9.05 Å². The molecule has 0 bridgehead atoms. The van der Waals surface area contributed by atoms with Gasteiger partial charge in [-0.15, -0.1) is 0 Å². The average Bonchev–Trinajstić information content (AvgIpc) is 2.88. The SMILES string of the molecule is CCCC1CCN(S(=O)(=O)c2ccc(S(=O)(=O)Cl)cc2)C1. The minimum absolute atomic E-state index is 0.101. The fourth-order valence-electron chi connectivity index (χ4n) is 2.58. The predicted molar refractivity (Wildman–Crippen MR) is 81.3 cm³/mol. The Hall–Kier alpha value is -0.630. The lowest BCUT2D eigenvalue weighted by Gasteiger charge is -2.16. The van der Waals surface area contributed by atoms with Crippen molar-refractivity contribution in [1.29, 1.82) is 0 Å². The third kappa shape index (κ3) is 3.77. The standard InChI is InChI=1S/C13H18ClNO4S2/c1-2-3-11-8-9-15(10-11)21(18,19)13-6-4-12(5-7-13)20(14,16)17/h4-7,11H,2-3,8-10H2,1H3. The molecular formula is C13H18ClNO4S2. The average molecular weight is 352 g/mol. The molecule has 0 amide bonds. The van der Waals surface area contributed by atoms with E-state index in [4.69, 9.17) is 10.7 Å². The quantitative estimate of drug-likeness (QED) is 0.764. The summed E-state index contributed by atoms with van der Waals surface area (Å²) in [5.74, 6) is 0.410. The van der Waals surface area contributed by atoms with E-state index in [1.165, 1.54) is 28.6 Å². The fourth-order valence-corrected chi connectivity index (χ4v) is 4.88. The highest BCUT2D eigenvalue weighted by atomic mass is 35.7. The Balaban J connectivity index is 2.21. The highest BCUT2D eigenvalue weighted by Crippen LogP contribution is 2.27. The molecule has 1 saturated heterocycles. The van der Waals surface area contributed by atoms with Crippen molar-refractivity contribution in [2.24, 2.45) is 5.92 Å². The summed E-state index contributed by atoms with van der Waals surface area (Å²) < 4.78 is 48.8. The van der Waals surface area contributed by atoms with Gasteiger partial charge in [0.05, 0.1) is 9.79 Å². The van der Waals surface area contributed by atoms with Gasteiger partial charge in [-0.2, -0.15) is 4.31 Å². The Kier molecular flexibility index (Phi) is 4.97. The number of nitrogens with zero attached hydrogens (tertiary/aromatic N) is 1. The van der Waals surface area contributed by atoms with E-state index in [0.29, 0.717) is 19.0 Å². The molecule has 0 N–H and O–H groups in total. The summed E-state index contributed by atoms with van der Waals surface area (Å²) in [6.45, 7) is 3.14. The summed E-state index contributed by atoms with van der Waals surface area (Å²) in [5, 5.41) is 0. The fraction of sp³-hybridized carbons (Fsp3) is 0.538. The van der Waals surface area contributed by atoms with E-state index in [1.54, 1.807) is 0 Å². The number of hydrogen-bond donors (Lipinski definition) is 0. The van der Waals surface area contributed by atoms with Gasteiger partial charge in [0, 0.05) is 23.8 Å². The van der Waals surface area contributed by atoms with Gasteiger partial charge >= 0.3 is 0 Å². The Labute approximate surface area is 130 Å². The van der Waals surface area contributed by atoms with E-state index in [-0.39, 0.29) is 9.79 Å². The molecule has 118 valence electrons. The van der Waals surface area contributed by atoms with Gasteiger partial charge in [0.2, 0.25) is 10.0 Å². The lowest BCUT2D eigenvalue weighted by Crippen LogP contribution is -2.28. The Morgan fingerprint density at radius 3 is 2.24 bits per heavy atom. The van der Waals surface area contributed by atoms with Crippen LogP contribution in [0.3, 0.4) is 0 Å². The first-order chi connectivity index (χ1) is 9.75. The molecule has 2 rings (SSSR count). The molecule has 1 fully saturated rings. The van der Waals surface area contributed by atoms with Crippen molar-refractivity contribution in [3.05, 3.63) is 24.3 Å². The van der Waals surface area contributed by atoms with Gasteiger partial charge in [0.1, 0.15) is 0 Å². The van der Waals surface area contributed by atoms with Crippen LogP contribution in [0.5, 0.6) is 0 Å². The lowest BCUT2D eigenvalue weighted by atomic mass is 10.0. The number of hydrogen-bond acceptors (Lipinski definition) is 4. The van der Waals surface area contributed by atoms with Gasteiger partial charge in [0.15, 0.2) is 0 Å². The zero-order chi connectivity index (χ0) is 15.7. The van der Waals surface area contributed by atoms with E-state index in [0.717, 1.165) is 19.3 Å². The molecule has 0 spiro atoms. The molecular weight excluding hydrogens is 334 g/mol. The second-order valence-corrected chi connectivity index (χ2v) is 9.72. The molecule has 1 aliphatic heterocycles. The second kappa shape index (κ2) is 6.24. The number of rotatable bonds is 5. The minimum Gasteiger partial charge on any atom is -0.207 e. The van der Waals surface area contributed by atoms with Crippen LogP contribution in [0.15, 0.2) is 34.1 Å². The van der Waals surface area contributed by atoms with Gasteiger partial charge < -0.3 is 0 Å². The largest absolute Gasteiger partial charge is 0.261 e. The topological polar surface area (TPSA) is 71.5 Å². The zero-order valence-corrected chi connectivity index (χ0v) is 14.1. The molecule has 0 aliphatic carbocycles. The molecule has 8 heteroatoms. The Bertz CT molecular complexity index is 698. The van der Waals surface area contributed by atoms with E-state index in [1.807, 2.05) is 0 Å². The van der Waals surface area contributed by atoms with Crippen molar-refractivity contribution in [2.45, 2.75) is 36.0 Å². The molecule has 1 heterocycles. The van der Waals surface area contributed by atoms with Gasteiger partial charge in [-0.1, -0.05) is 13.3 Å². The smallest absolute Gasteiger partial charge is 0.207 e. The summed E-state index contributed by atoms with van der Waals surface area (Å²) in [7, 11) is -2.17. The molecule has 0 radical (unpaired) electrons. The first-order valence-electron chi connectivity index (χ1n) is 6.80. The Morgan fingerprint density at radius 1 is 1.14 bits per heavy atom. The first kappa shape index (κ1) is 16.7. The van der Waals surface area contributed by atoms with Crippen LogP contribution in [0.25, 0.3) is 0 Å². The van der Waals surface area contributed by atoms with E-state index in [2.05, 4.69) is 6.92 Å². The van der Waals surface area contributed by atoms with Crippen molar-refractivity contribution in [2.75, 3.05) is 13.1 Å². The third-order valence-corrected chi connectivity index (χ3v) is 6.94. The van der Waals surface area contributed by atoms with Crippen LogP contribution >= 0.6 is 10.7 Å². The summed E-state index contributed by atoms with van der Waals surface area (Å²) in [4.78, 5) is -0.00267. The van der Waals surface area contributed by atoms with Crippen LogP contribution < -0.4 is 0 Å². The summed E-state index contributed by atoms with van der Waals surface area (Å²) in [6, 6.07) is 5.01. The summed E-state index contributed by atoms with van der Waals surface area (Å²) in [6.07, 6.45) is 2.94. The van der Waals surface area contributed by atoms with Crippen molar-refractivity contribution >= 4 is 29.8 Å². The molecule has 1 unspecified atom stereocenters. The van der Waals surface area contributed by atoms with Crippen LogP contribution in [0.2, 0.25) is 0 Å². The van der Waals surface area contributed by atoms with Crippen LogP contribution in [0.1, 0.15) is 26.2 Å². The molecule has 0 saturated carbocycles. The lowest BCUT2D eigenvalue weighted by molar-refractivity contribution is 0.444. The first-order valence-corrected chi connectivity index (χ1v) is 10.5. The van der Waals surface area contributed by atoms with Gasteiger partial charge in [-0.25, -0.2) is 16.8 Å². The highest BCUT2D eigenvalue weighted by molar-refractivity contribution is 8.13. The maximum atomic E-state index is 12.5. The second-order valence-electron chi connectivity index (χ2n) is 5.22. The number of sulfonamides is 1. The van der Waals surface area contributed by atoms with E-state index < -0.39 is 19.1 Å². The number of benzene rings is 1. The highest BCUT2D eigenvalue weighted by Gasteiger charge is 2.32. The van der Waals surface area contributed by atoms with E-state index >= 15 is 0 Å². The maximum Gasteiger partial charge on any atom is 0.261 e. The molecule has 1 aromatic rings. The Morgan fingerprint density at radius 2 is 1.71 bits per heavy atom. The zero-order valence-electron chi connectivity index (χ0n) is 11.7. The molecule has 0 aromatic heterocycles. The van der Waals surface area contributed by atoms with E-state index in [9.17, 15) is 16.8 Å². The molecule has 1 aliphatic rings. The minimum atomic E-state index is -3.84. The molecule has 1 aromatic carbocycles. The van der Waals surface area contributed by atoms with Gasteiger partial charge in [-0.05, 0) is 43.0 Å². The number of halogens is 1. The summed E-state index contributed by atoms with van der Waals surface area (Å²) >= 11 is 0. The van der Waals surface area contributed by atoms with Crippen molar-refractivity contribution in [3.8, 4) is 0 Å². The van der Waals surface area contributed by atoms with Crippen LogP contribution in [-0.4, -0.2) is 34.2 Å². The van der Waals surface area contributed by atoms with Crippen LogP contribution in [0.4, 0.5) is 0 Å². The normalized spacial score (nSPS) is 20.8. The summed E-state index contributed by atoms with van der Waals surface area (Å²) in [5.41, 5.74) is 0. The van der Waals surface area contributed by atoms with Gasteiger partial charge in [-0.3, -0.25) is 0 Å². The van der Waals surface area contributed by atoms with Crippen molar-refractivity contribution in [1.82, 2.24) is 4.31 Å². The van der Waals surface area contributed by atoms with Crippen molar-refractivity contribution in [3.63, 3.8) is 0 Å². The maximum absolute atomic E-state index is 12.5.